The topological polar surface area (TPSA) is 44.7 Å². The van der Waals surface area contributed by atoms with Crippen LogP contribution in [0.3, 0.4) is 0 Å². The number of hydrogen-bond donors (Lipinski definition) is 1. The number of likely N-dealkylation sites (N-methyl/N-ethyl adjacent to an activating group) is 1. The number of carbonyl (C=O) groups is 1. The maximum Gasteiger partial charge on any atom is 0.264 e. The van der Waals surface area contributed by atoms with Crippen LogP contribution >= 0.6 is 23.4 Å². The molecule has 6 heteroatoms. The molecule has 4 nitrogen and oxygen atoms in total. The average molecular weight is 452 g/mol. The Labute approximate surface area is 193 Å². The molecule has 2 aliphatic rings. The number of aliphatic imine (C=N–C) groups is 1. The van der Waals surface area contributed by atoms with Crippen LogP contribution in [0.5, 0.6) is 0 Å². The molecule has 0 aliphatic carbocycles. The molecule has 2 aromatic carbocycles. The number of hydrogen-bond acceptors (Lipinski definition) is 4. The fraction of sp³-hybridized carbons (Fsp3) is 0.280. The zero-order valence-electron chi connectivity index (χ0n) is 18.4. The summed E-state index contributed by atoms with van der Waals surface area (Å²) < 4.78 is 0. The average Bonchev–Trinajstić information content (AvgIpc) is 3.03. The van der Waals surface area contributed by atoms with Crippen LogP contribution in [0, 0.1) is 6.92 Å². The van der Waals surface area contributed by atoms with Crippen molar-refractivity contribution < 1.29 is 4.79 Å². The second-order valence-electron chi connectivity index (χ2n) is 8.41. The Morgan fingerprint density at radius 2 is 1.97 bits per heavy atom. The highest BCUT2D eigenvalue weighted by molar-refractivity contribution is 8.18. The first-order valence-corrected chi connectivity index (χ1v) is 11.5. The van der Waals surface area contributed by atoms with Gasteiger partial charge in [0.05, 0.1) is 16.1 Å². The monoisotopic (exact) mass is 451 g/mol. The Morgan fingerprint density at radius 1 is 1.19 bits per heavy atom. The molecule has 1 N–H and O–H groups in total. The van der Waals surface area contributed by atoms with Gasteiger partial charge in [0.2, 0.25) is 0 Å². The highest BCUT2D eigenvalue weighted by Crippen LogP contribution is 2.40. The third kappa shape index (κ3) is 4.30. The first-order valence-electron chi connectivity index (χ1n) is 10.3. The van der Waals surface area contributed by atoms with Crippen molar-refractivity contribution in [1.29, 1.82) is 0 Å². The van der Waals surface area contributed by atoms with Crippen molar-refractivity contribution in [3.63, 3.8) is 0 Å². The van der Waals surface area contributed by atoms with Gasteiger partial charge in [0, 0.05) is 22.8 Å². The summed E-state index contributed by atoms with van der Waals surface area (Å²) in [6.45, 7) is 11.7. The highest BCUT2D eigenvalue weighted by Gasteiger charge is 2.30. The van der Waals surface area contributed by atoms with Gasteiger partial charge in [0.15, 0.2) is 5.17 Å². The van der Waals surface area contributed by atoms with E-state index < -0.39 is 0 Å². The number of fused-ring (bicyclic) bond motifs is 1. The Hall–Kier alpha value is -2.50. The van der Waals surface area contributed by atoms with Crippen molar-refractivity contribution in [1.82, 2.24) is 5.32 Å². The minimum Gasteiger partial charge on any atom is -0.363 e. The second-order valence-corrected chi connectivity index (χ2v) is 9.88. The molecule has 160 valence electrons. The van der Waals surface area contributed by atoms with E-state index in [2.05, 4.69) is 67.2 Å². The Balaban J connectivity index is 1.64. The minimum absolute atomic E-state index is 0.0170. The SMILES string of the molecule is CCN1c2ccc(/C=C3/SC(=Nc4cc(Cl)ccc4C)NC3=O)cc2C(C)=CC1(C)C. The van der Waals surface area contributed by atoms with Gasteiger partial charge in [-0.05, 0) is 93.4 Å². The maximum absolute atomic E-state index is 12.5. The van der Waals surface area contributed by atoms with Gasteiger partial charge in [0.25, 0.3) is 5.91 Å². The van der Waals surface area contributed by atoms with E-state index in [1.165, 1.54) is 28.6 Å². The molecular formula is C25H26ClN3OS. The van der Waals surface area contributed by atoms with Gasteiger partial charge < -0.3 is 10.2 Å². The van der Waals surface area contributed by atoms with E-state index >= 15 is 0 Å². The van der Waals surface area contributed by atoms with Gasteiger partial charge >= 0.3 is 0 Å². The van der Waals surface area contributed by atoms with Crippen LogP contribution in [0.15, 0.2) is 52.4 Å². The first-order chi connectivity index (χ1) is 14.7. The normalized spacial score (nSPS) is 20.1. The van der Waals surface area contributed by atoms with Crippen LogP contribution in [-0.2, 0) is 4.79 Å². The fourth-order valence-electron chi connectivity index (χ4n) is 4.21. The van der Waals surface area contributed by atoms with E-state index in [4.69, 9.17) is 11.6 Å². The summed E-state index contributed by atoms with van der Waals surface area (Å²) in [5.74, 6) is -0.135. The molecule has 31 heavy (non-hydrogen) atoms. The van der Waals surface area contributed by atoms with Crippen LogP contribution in [0.25, 0.3) is 11.6 Å². The zero-order chi connectivity index (χ0) is 22.3. The third-order valence-corrected chi connectivity index (χ3v) is 6.80. The molecule has 0 unspecified atom stereocenters. The van der Waals surface area contributed by atoms with E-state index in [-0.39, 0.29) is 11.4 Å². The summed E-state index contributed by atoms with van der Waals surface area (Å²) in [5.41, 5.74) is 6.45. The number of aryl methyl sites for hydroxylation is 1. The lowest BCUT2D eigenvalue weighted by Crippen LogP contribution is -2.44. The summed E-state index contributed by atoms with van der Waals surface area (Å²) in [7, 11) is 0. The maximum atomic E-state index is 12.5. The number of rotatable bonds is 3. The molecule has 1 fully saturated rings. The van der Waals surface area contributed by atoms with Crippen molar-refractivity contribution >= 4 is 57.5 Å². The van der Waals surface area contributed by atoms with Crippen molar-refractivity contribution in [2.45, 2.75) is 40.2 Å². The van der Waals surface area contributed by atoms with Gasteiger partial charge in [-0.3, -0.25) is 4.79 Å². The van der Waals surface area contributed by atoms with E-state index in [1.54, 1.807) is 6.07 Å². The summed E-state index contributed by atoms with van der Waals surface area (Å²) in [4.78, 5) is 20.2. The highest BCUT2D eigenvalue weighted by atomic mass is 35.5. The standard InChI is InChI=1S/C25H26ClN3OS/c1-6-29-21-10-8-17(11-19(21)16(3)14-25(29,4)5)12-22-23(30)28-24(31-22)27-20-13-18(26)9-7-15(20)2/h7-14H,6H2,1-5H3,(H,27,28,30)/b22-12+. The lowest BCUT2D eigenvalue weighted by atomic mass is 9.88. The van der Waals surface area contributed by atoms with Crippen LogP contribution in [0.4, 0.5) is 11.4 Å². The molecule has 0 radical (unpaired) electrons. The molecule has 1 amide bonds. The van der Waals surface area contributed by atoms with Gasteiger partial charge in [-0.1, -0.05) is 29.8 Å². The Kier molecular flexibility index (Phi) is 5.75. The van der Waals surface area contributed by atoms with Crippen molar-refractivity contribution in [2.75, 3.05) is 11.4 Å². The molecule has 2 aromatic rings. The van der Waals surface area contributed by atoms with Crippen LogP contribution < -0.4 is 10.2 Å². The molecule has 2 aliphatic heterocycles. The summed E-state index contributed by atoms with van der Waals surface area (Å²) in [6, 6.07) is 12.0. The lowest BCUT2D eigenvalue weighted by Gasteiger charge is -2.42. The summed E-state index contributed by atoms with van der Waals surface area (Å²) in [6.07, 6.45) is 4.24. The predicted molar refractivity (Wildman–Crippen MR) is 134 cm³/mol. The van der Waals surface area contributed by atoms with Gasteiger partial charge in [-0.15, -0.1) is 0 Å². The molecule has 4 rings (SSSR count). The van der Waals surface area contributed by atoms with E-state index in [9.17, 15) is 4.79 Å². The number of carbonyl (C=O) groups excluding carboxylic acids is 1. The van der Waals surface area contributed by atoms with E-state index in [0.717, 1.165) is 23.4 Å². The van der Waals surface area contributed by atoms with E-state index in [1.807, 2.05) is 25.1 Å². The van der Waals surface area contributed by atoms with Gasteiger partial charge in [-0.2, -0.15) is 0 Å². The number of benzene rings is 2. The molecule has 1 saturated heterocycles. The molecule has 0 bridgehead atoms. The van der Waals surface area contributed by atoms with Crippen molar-refractivity contribution in [3.05, 3.63) is 69.1 Å². The second kappa shape index (κ2) is 8.21. The molecular weight excluding hydrogens is 426 g/mol. The number of nitrogens with zero attached hydrogens (tertiary/aromatic N) is 2. The molecule has 0 spiro atoms. The molecule has 0 saturated carbocycles. The fourth-order valence-corrected chi connectivity index (χ4v) is 5.21. The first kappa shape index (κ1) is 21.7. The van der Waals surface area contributed by atoms with E-state index in [0.29, 0.717) is 15.1 Å². The van der Waals surface area contributed by atoms with Crippen molar-refractivity contribution in [2.24, 2.45) is 4.99 Å². The van der Waals surface area contributed by atoms with Crippen LogP contribution in [0.2, 0.25) is 5.02 Å². The quantitative estimate of drug-likeness (QED) is 0.537. The number of nitrogens with one attached hydrogen (secondary N) is 1. The molecule has 2 heterocycles. The summed E-state index contributed by atoms with van der Waals surface area (Å²) in [5, 5.41) is 4.05. The zero-order valence-corrected chi connectivity index (χ0v) is 20.0. The van der Waals surface area contributed by atoms with Gasteiger partial charge in [-0.25, -0.2) is 4.99 Å². The van der Waals surface area contributed by atoms with Gasteiger partial charge in [0.1, 0.15) is 0 Å². The number of thioether (sulfide) groups is 1. The third-order valence-electron chi connectivity index (χ3n) is 5.66. The van der Waals surface area contributed by atoms with Crippen molar-refractivity contribution in [3.8, 4) is 0 Å². The van der Waals surface area contributed by atoms with Crippen LogP contribution in [0.1, 0.15) is 44.4 Å². The molecule has 0 atom stereocenters. The largest absolute Gasteiger partial charge is 0.363 e. The molecule has 0 aromatic heterocycles. The predicted octanol–water partition coefficient (Wildman–Crippen LogP) is 6.56. The number of anilines is 1. The Morgan fingerprint density at radius 3 is 2.71 bits per heavy atom. The van der Waals surface area contributed by atoms with Crippen LogP contribution in [-0.4, -0.2) is 23.2 Å². The smallest absolute Gasteiger partial charge is 0.264 e. The summed E-state index contributed by atoms with van der Waals surface area (Å²) >= 11 is 7.44. The number of amides is 1. The number of halogens is 1. The Bertz CT molecular complexity index is 1160. The lowest BCUT2D eigenvalue weighted by molar-refractivity contribution is -0.115. The minimum atomic E-state index is -0.135. The number of allylic oxidation sites excluding steroid dienone is 1. The number of amidine groups is 1.